The molecule has 0 radical (unpaired) electrons. The molecule has 2 heterocycles. The molecule has 2 aromatic carbocycles. The summed E-state index contributed by atoms with van der Waals surface area (Å²) < 4.78 is 10.9. The van der Waals surface area contributed by atoms with Crippen molar-refractivity contribution in [1.29, 1.82) is 0 Å². The van der Waals surface area contributed by atoms with E-state index in [-0.39, 0.29) is 17.7 Å². The van der Waals surface area contributed by atoms with Crippen molar-refractivity contribution in [2.24, 2.45) is 5.10 Å². The molecule has 0 N–H and O–H groups in total. The lowest BCUT2D eigenvalue weighted by atomic mass is 9.98. The Morgan fingerprint density at radius 3 is 2.53 bits per heavy atom. The minimum Gasteiger partial charge on any atom is -0.497 e. The minimum absolute atomic E-state index is 0.0831. The maximum atomic E-state index is 13.1. The van der Waals surface area contributed by atoms with Gasteiger partial charge in [-0.1, -0.05) is 54.2 Å². The molecule has 6 nitrogen and oxygen atoms in total. The van der Waals surface area contributed by atoms with Crippen molar-refractivity contribution in [3.63, 3.8) is 0 Å². The van der Waals surface area contributed by atoms with E-state index in [0.717, 1.165) is 34.0 Å². The molecule has 0 fully saturated rings. The topological polar surface area (TPSA) is 67.9 Å². The number of hydrogen-bond acceptors (Lipinski definition) is 6. The number of hydrogen-bond donors (Lipinski definition) is 0. The van der Waals surface area contributed by atoms with Gasteiger partial charge in [-0.2, -0.15) is 5.10 Å². The van der Waals surface area contributed by atoms with Crippen LogP contribution in [0.25, 0.3) is 0 Å². The smallest absolute Gasteiger partial charge is 0.256 e. The van der Waals surface area contributed by atoms with Crippen LogP contribution < -0.4 is 4.74 Å². The van der Waals surface area contributed by atoms with Crippen molar-refractivity contribution in [3.8, 4) is 5.75 Å². The molecule has 4 rings (SSSR count). The zero-order valence-electron chi connectivity index (χ0n) is 17.2. The number of hydrazone groups is 1. The van der Waals surface area contributed by atoms with Crippen molar-refractivity contribution in [2.75, 3.05) is 12.9 Å². The molecule has 0 saturated carbocycles. The molecular formula is C23H23N3O3S. The van der Waals surface area contributed by atoms with E-state index in [9.17, 15) is 4.79 Å². The molecule has 1 aromatic heterocycles. The Morgan fingerprint density at radius 1 is 1.17 bits per heavy atom. The largest absolute Gasteiger partial charge is 0.497 e. The lowest BCUT2D eigenvalue weighted by Gasteiger charge is -2.22. The number of benzene rings is 2. The van der Waals surface area contributed by atoms with Crippen molar-refractivity contribution < 1.29 is 13.9 Å². The Labute approximate surface area is 179 Å². The number of amides is 1. The van der Waals surface area contributed by atoms with Crippen LogP contribution in [0.15, 0.2) is 69.3 Å². The van der Waals surface area contributed by atoms with Crippen LogP contribution >= 0.6 is 11.8 Å². The maximum Gasteiger partial charge on any atom is 0.256 e. The summed E-state index contributed by atoms with van der Waals surface area (Å²) in [5.74, 6) is 1.67. The van der Waals surface area contributed by atoms with E-state index in [4.69, 9.17) is 14.3 Å². The van der Waals surface area contributed by atoms with Crippen LogP contribution in [0.5, 0.6) is 5.75 Å². The first-order valence-electron chi connectivity index (χ1n) is 9.71. The zero-order valence-corrected chi connectivity index (χ0v) is 18.0. The minimum atomic E-state index is -0.160. The van der Waals surface area contributed by atoms with Gasteiger partial charge in [-0.05, 0) is 37.1 Å². The van der Waals surface area contributed by atoms with Gasteiger partial charge in [0.1, 0.15) is 11.5 Å². The van der Waals surface area contributed by atoms with Crippen molar-refractivity contribution in [2.45, 2.75) is 31.5 Å². The van der Waals surface area contributed by atoms with E-state index >= 15 is 0 Å². The third-order valence-corrected chi connectivity index (χ3v) is 5.91. The van der Waals surface area contributed by atoms with Gasteiger partial charge >= 0.3 is 0 Å². The molecule has 0 aliphatic carbocycles. The van der Waals surface area contributed by atoms with Crippen LogP contribution in [0.3, 0.4) is 0 Å². The van der Waals surface area contributed by atoms with Crippen LogP contribution in [-0.2, 0) is 4.79 Å². The molecule has 1 aliphatic heterocycles. The molecular weight excluding hydrogens is 398 g/mol. The molecule has 7 heteroatoms. The summed E-state index contributed by atoms with van der Waals surface area (Å²) in [7, 11) is 1.64. The number of carbonyl (C=O) groups excluding carboxylic acids is 1. The second-order valence-electron chi connectivity index (χ2n) is 7.05. The second kappa shape index (κ2) is 8.75. The van der Waals surface area contributed by atoms with Gasteiger partial charge in [0.25, 0.3) is 11.1 Å². The molecule has 1 amide bonds. The highest BCUT2D eigenvalue weighted by atomic mass is 32.2. The van der Waals surface area contributed by atoms with Crippen LogP contribution in [-0.4, -0.2) is 34.5 Å². The third kappa shape index (κ3) is 4.26. The van der Waals surface area contributed by atoms with Crippen molar-refractivity contribution >= 4 is 23.4 Å². The van der Waals surface area contributed by atoms with E-state index in [1.54, 1.807) is 12.1 Å². The molecule has 3 aromatic rings. The normalized spacial score (nSPS) is 15.9. The van der Waals surface area contributed by atoms with Gasteiger partial charge in [0.15, 0.2) is 0 Å². The molecule has 154 valence electrons. The fourth-order valence-electron chi connectivity index (χ4n) is 3.33. The van der Waals surface area contributed by atoms with Crippen molar-refractivity contribution in [1.82, 2.24) is 9.99 Å². The lowest BCUT2D eigenvalue weighted by Crippen LogP contribution is -2.28. The quantitative estimate of drug-likeness (QED) is 0.536. The van der Waals surface area contributed by atoms with Gasteiger partial charge in [0.2, 0.25) is 0 Å². The van der Waals surface area contributed by atoms with E-state index in [0.29, 0.717) is 11.6 Å². The number of ether oxygens (including phenoxy) is 1. The van der Waals surface area contributed by atoms with Gasteiger partial charge in [-0.25, -0.2) is 9.99 Å². The van der Waals surface area contributed by atoms with Crippen LogP contribution in [0.4, 0.5) is 0 Å². The number of aryl methyl sites for hydroxylation is 2. The third-order valence-electron chi connectivity index (χ3n) is 5.10. The molecule has 1 atom stereocenters. The van der Waals surface area contributed by atoms with Gasteiger partial charge in [-0.3, -0.25) is 4.79 Å². The Hall–Kier alpha value is -3.06. The summed E-state index contributed by atoms with van der Waals surface area (Å²) in [6.07, 6.45) is 0.657. The number of methoxy groups -OCH3 is 1. The highest BCUT2D eigenvalue weighted by Gasteiger charge is 2.33. The molecule has 0 bridgehead atoms. The lowest BCUT2D eigenvalue weighted by molar-refractivity contribution is -0.130. The molecule has 30 heavy (non-hydrogen) atoms. The molecule has 0 spiro atoms. The summed E-state index contributed by atoms with van der Waals surface area (Å²) in [6, 6.07) is 17.6. The Kier molecular flexibility index (Phi) is 5.90. The number of nitrogens with zero attached hydrogens (tertiary/aromatic N) is 3. The van der Waals surface area contributed by atoms with E-state index in [1.807, 2.05) is 68.4 Å². The number of oxazole rings is 1. The number of carbonyl (C=O) groups is 1. The van der Waals surface area contributed by atoms with E-state index in [2.05, 4.69) is 4.98 Å². The van der Waals surface area contributed by atoms with Crippen LogP contribution in [0.1, 0.15) is 35.0 Å². The van der Waals surface area contributed by atoms with Crippen LogP contribution in [0, 0.1) is 13.8 Å². The zero-order chi connectivity index (χ0) is 21.1. The predicted molar refractivity (Wildman–Crippen MR) is 117 cm³/mol. The first kappa shape index (κ1) is 20.2. The monoisotopic (exact) mass is 421 g/mol. The number of thioether (sulfide) groups is 1. The fourth-order valence-corrected chi connectivity index (χ4v) is 4.09. The standard InChI is InChI=1S/C23H23N3O3S/c1-15-16(2)29-23(24-15)30-14-22(27)26-21(18-9-11-19(28-3)12-10-18)13-20(25-26)17-7-5-4-6-8-17/h4-12,21H,13-14H2,1-3H3. The fraction of sp³-hybridized carbons (Fsp3) is 0.261. The van der Waals surface area contributed by atoms with E-state index < -0.39 is 0 Å². The summed E-state index contributed by atoms with van der Waals surface area (Å²) in [6.45, 7) is 3.76. The first-order valence-corrected chi connectivity index (χ1v) is 10.7. The highest BCUT2D eigenvalue weighted by molar-refractivity contribution is 7.99. The molecule has 0 saturated heterocycles. The average molecular weight is 422 g/mol. The summed E-state index contributed by atoms with van der Waals surface area (Å²) in [4.78, 5) is 17.4. The van der Waals surface area contributed by atoms with Gasteiger partial charge in [-0.15, -0.1) is 0 Å². The Morgan fingerprint density at radius 2 is 1.90 bits per heavy atom. The summed E-state index contributed by atoms with van der Waals surface area (Å²) in [5.41, 5.74) is 3.79. The Balaban J connectivity index is 1.57. The van der Waals surface area contributed by atoms with E-state index in [1.165, 1.54) is 11.8 Å². The van der Waals surface area contributed by atoms with Gasteiger partial charge in [0, 0.05) is 6.42 Å². The first-order chi connectivity index (χ1) is 14.5. The highest BCUT2D eigenvalue weighted by Crippen LogP contribution is 2.34. The maximum absolute atomic E-state index is 13.1. The predicted octanol–water partition coefficient (Wildman–Crippen LogP) is 4.77. The van der Waals surface area contributed by atoms with Gasteiger partial charge in [0.05, 0.1) is 30.3 Å². The summed E-state index contributed by atoms with van der Waals surface area (Å²) >= 11 is 1.29. The molecule has 1 aliphatic rings. The second-order valence-corrected chi connectivity index (χ2v) is 7.98. The average Bonchev–Trinajstić information content (AvgIpc) is 3.36. The van der Waals surface area contributed by atoms with Crippen molar-refractivity contribution in [3.05, 3.63) is 77.2 Å². The number of aromatic nitrogens is 1. The SMILES string of the molecule is COc1ccc(C2CC(c3ccccc3)=NN2C(=O)CSc2nc(C)c(C)o2)cc1. The van der Waals surface area contributed by atoms with Crippen LogP contribution in [0.2, 0.25) is 0 Å². The Bertz CT molecular complexity index is 1040. The number of rotatable bonds is 6. The van der Waals surface area contributed by atoms with Gasteiger partial charge < -0.3 is 9.15 Å². The molecule has 1 unspecified atom stereocenters. The summed E-state index contributed by atoms with van der Waals surface area (Å²) in [5, 5.41) is 6.80.